The molecule has 0 aliphatic carbocycles. The largest absolute Gasteiger partial charge is 0.631 e. The third-order valence-corrected chi connectivity index (χ3v) is 4.40. The van der Waals surface area contributed by atoms with Gasteiger partial charge in [-0.15, -0.1) is 0 Å². The van der Waals surface area contributed by atoms with Gasteiger partial charge < -0.3 is 14.4 Å². The normalized spacial score (nSPS) is 13.8. The van der Waals surface area contributed by atoms with Gasteiger partial charge in [0.15, 0.2) is 0 Å². The maximum absolute atomic E-state index is 11.8. The van der Waals surface area contributed by atoms with E-state index >= 15 is 0 Å². The minimum absolute atomic E-state index is 0.292. The molecule has 2 atom stereocenters. The summed E-state index contributed by atoms with van der Waals surface area (Å²) >= 11 is 0. The van der Waals surface area contributed by atoms with Crippen molar-refractivity contribution in [3.05, 3.63) is 0 Å². The molecule has 0 saturated heterocycles. The third kappa shape index (κ3) is 13.0. The van der Waals surface area contributed by atoms with Gasteiger partial charge in [-0.1, -0.05) is 27.7 Å². The highest BCUT2D eigenvalue weighted by molar-refractivity contribution is 7.50. The Morgan fingerprint density at radius 2 is 1.62 bits per heavy atom. The standard InChI is InChI=1S/C16H31O4P/c1-13(2)6-8-19-10-11-21(18)12-15(5)16(17)20-9-7-14(3)4/h12-15H,6-11H2,1-5H3. The Balaban J connectivity index is 3.87. The number of rotatable bonds is 11. The lowest BCUT2D eigenvalue weighted by Crippen LogP contribution is -2.18. The molecule has 0 bridgehead atoms. The predicted octanol–water partition coefficient (Wildman–Crippen LogP) is 2.83. The Morgan fingerprint density at radius 3 is 2.19 bits per heavy atom. The molecule has 0 aromatic carbocycles. The summed E-state index contributed by atoms with van der Waals surface area (Å²) in [6.07, 6.45) is 2.34. The van der Waals surface area contributed by atoms with Crippen LogP contribution < -0.4 is 4.89 Å². The first-order valence-electron chi connectivity index (χ1n) is 7.86. The summed E-state index contributed by atoms with van der Waals surface area (Å²) in [4.78, 5) is 23.5. The van der Waals surface area contributed by atoms with Crippen LogP contribution in [0.25, 0.3) is 0 Å². The molecule has 0 rings (SSSR count). The lowest BCUT2D eigenvalue weighted by molar-refractivity contribution is -0.154. The molecule has 0 heterocycles. The summed E-state index contributed by atoms with van der Waals surface area (Å²) in [5.74, 6) is 2.00. The van der Waals surface area contributed by atoms with Crippen LogP contribution in [0.4, 0.5) is 0 Å². The molecule has 4 nitrogen and oxygen atoms in total. The number of hydrogen-bond donors (Lipinski definition) is 0. The van der Waals surface area contributed by atoms with Gasteiger partial charge >= 0.3 is 5.97 Å². The van der Waals surface area contributed by atoms with Crippen molar-refractivity contribution in [3.8, 4) is 0 Å². The first-order chi connectivity index (χ1) is 9.82. The van der Waals surface area contributed by atoms with Crippen molar-refractivity contribution >= 4 is 19.5 Å². The summed E-state index contributed by atoms with van der Waals surface area (Å²) in [7, 11) is -1.51. The summed E-state index contributed by atoms with van der Waals surface area (Å²) < 4.78 is 10.6. The van der Waals surface area contributed by atoms with Gasteiger partial charge in [0.25, 0.3) is 0 Å². The van der Waals surface area contributed by atoms with E-state index in [1.165, 1.54) is 0 Å². The highest BCUT2D eigenvalue weighted by Crippen LogP contribution is 2.13. The number of carbonyl (C=O) groups excluding carboxylic acids is 1. The van der Waals surface area contributed by atoms with Crippen LogP contribution in [0.2, 0.25) is 0 Å². The number of esters is 1. The maximum Gasteiger partial charge on any atom is 0.316 e. The van der Waals surface area contributed by atoms with Crippen molar-refractivity contribution in [3.63, 3.8) is 0 Å². The summed E-state index contributed by atoms with van der Waals surface area (Å²) in [5, 5.41) is 0. The monoisotopic (exact) mass is 318 g/mol. The summed E-state index contributed by atoms with van der Waals surface area (Å²) in [5.41, 5.74) is 0. The van der Waals surface area contributed by atoms with Gasteiger partial charge in [-0.25, -0.2) is 0 Å². The van der Waals surface area contributed by atoms with Crippen LogP contribution in [-0.2, 0) is 14.3 Å². The molecule has 0 saturated carbocycles. The topological polar surface area (TPSA) is 58.6 Å². The summed E-state index contributed by atoms with van der Waals surface area (Å²) in [6.45, 7) is 11.8. The van der Waals surface area contributed by atoms with E-state index in [9.17, 15) is 9.69 Å². The molecule has 5 heteroatoms. The average molecular weight is 318 g/mol. The molecular formula is C16H31O4P. The van der Waals surface area contributed by atoms with Crippen molar-refractivity contribution in [2.45, 2.75) is 47.5 Å². The van der Waals surface area contributed by atoms with Gasteiger partial charge in [0.2, 0.25) is 0 Å². The zero-order chi connectivity index (χ0) is 16.3. The van der Waals surface area contributed by atoms with E-state index in [1.54, 1.807) is 12.7 Å². The Kier molecular flexibility index (Phi) is 11.9. The van der Waals surface area contributed by atoms with Crippen LogP contribution >= 0.6 is 7.77 Å². The van der Waals surface area contributed by atoms with Crippen LogP contribution in [0.3, 0.4) is 0 Å². The molecule has 0 fully saturated rings. The van der Waals surface area contributed by atoms with Gasteiger partial charge in [-0.05, 0) is 31.6 Å². The molecule has 0 aromatic heterocycles. The first-order valence-corrected chi connectivity index (χ1v) is 9.37. The predicted molar refractivity (Wildman–Crippen MR) is 87.7 cm³/mol. The second kappa shape index (κ2) is 12.1. The van der Waals surface area contributed by atoms with Crippen molar-refractivity contribution in [1.82, 2.24) is 0 Å². The highest BCUT2D eigenvalue weighted by Gasteiger charge is 2.15. The molecular weight excluding hydrogens is 287 g/mol. The highest BCUT2D eigenvalue weighted by atomic mass is 31.1. The summed E-state index contributed by atoms with van der Waals surface area (Å²) in [6, 6.07) is 0. The molecule has 0 spiro atoms. The average Bonchev–Trinajstić information content (AvgIpc) is 2.37. The van der Waals surface area contributed by atoms with Gasteiger partial charge in [0.1, 0.15) is 12.1 Å². The van der Waals surface area contributed by atoms with Crippen LogP contribution in [0.15, 0.2) is 0 Å². The molecule has 0 radical (unpaired) electrons. The Labute approximate surface area is 130 Å². The minimum atomic E-state index is -1.51. The van der Waals surface area contributed by atoms with Gasteiger partial charge in [-0.2, -0.15) is 0 Å². The van der Waals surface area contributed by atoms with Crippen molar-refractivity contribution in [2.24, 2.45) is 17.8 Å². The van der Waals surface area contributed by atoms with Crippen molar-refractivity contribution in [2.75, 3.05) is 26.0 Å². The fourth-order valence-corrected chi connectivity index (χ4v) is 2.57. The smallest absolute Gasteiger partial charge is 0.316 e. The maximum atomic E-state index is 11.8. The minimum Gasteiger partial charge on any atom is -0.631 e. The second-order valence-corrected chi connectivity index (χ2v) is 7.80. The van der Waals surface area contributed by atoms with Gasteiger partial charge in [0, 0.05) is 14.4 Å². The fraction of sp³-hybridized carbons (Fsp3) is 0.875. The SMILES string of the molecule is CC(C)CCOCC[P+]([O-])=CC(C)C(=O)OCCC(C)C. The zero-order valence-corrected chi connectivity index (χ0v) is 15.0. The van der Waals surface area contributed by atoms with Crippen molar-refractivity contribution < 1.29 is 19.2 Å². The lowest BCUT2D eigenvalue weighted by atomic mass is 10.1. The molecule has 0 aromatic rings. The van der Waals surface area contributed by atoms with Gasteiger partial charge in [-0.3, -0.25) is 4.79 Å². The van der Waals surface area contributed by atoms with Crippen LogP contribution in [0.5, 0.6) is 0 Å². The molecule has 0 aliphatic rings. The Hall–Kier alpha value is -0.440. The van der Waals surface area contributed by atoms with Crippen LogP contribution in [-0.4, -0.2) is 37.7 Å². The van der Waals surface area contributed by atoms with E-state index in [4.69, 9.17) is 9.47 Å². The van der Waals surface area contributed by atoms with E-state index in [-0.39, 0.29) is 5.97 Å². The van der Waals surface area contributed by atoms with E-state index in [0.717, 1.165) is 12.8 Å². The Bertz CT molecular complexity index is 313. The molecule has 0 aliphatic heterocycles. The zero-order valence-electron chi connectivity index (χ0n) is 14.1. The molecule has 21 heavy (non-hydrogen) atoms. The molecule has 0 N–H and O–H groups in total. The number of hydrogen-bond acceptors (Lipinski definition) is 4. The van der Waals surface area contributed by atoms with E-state index in [1.807, 2.05) is 0 Å². The number of carbonyl (C=O) groups is 1. The van der Waals surface area contributed by atoms with Crippen LogP contribution in [0.1, 0.15) is 47.5 Å². The Morgan fingerprint density at radius 1 is 1.05 bits per heavy atom. The molecule has 124 valence electrons. The van der Waals surface area contributed by atoms with Gasteiger partial charge in [0.05, 0.1) is 19.0 Å². The van der Waals surface area contributed by atoms with Crippen LogP contribution in [0, 0.1) is 17.8 Å². The van der Waals surface area contributed by atoms with E-state index in [0.29, 0.717) is 37.8 Å². The third-order valence-electron chi connectivity index (χ3n) is 3.00. The molecule has 2 unspecified atom stereocenters. The lowest BCUT2D eigenvalue weighted by Gasteiger charge is -2.09. The quantitative estimate of drug-likeness (QED) is 0.334. The second-order valence-electron chi connectivity index (χ2n) is 6.22. The number of ether oxygens (including phenoxy) is 2. The van der Waals surface area contributed by atoms with E-state index in [2.05, 4.69) is 27.7 Å². The van der Waals surface area contributed by atoms with Crippen molar-refractivity contribution in [1.29, 1.82) is 0 Å². The van der Waals surface area contributed by atoms with E-state index < -0.39 is 13.7 Å². The molecule has 0 amide bonds. The fourth-order valence-electron chi connectivity index (χ4n) is 1.49. The first kappa shape index (κ1) is 20.6.